The summed E-state index contributed by atoms with van der Waals surface area (Å²) in [6.07, 6.45) is 0. The SMILES string of the molecule is O=C1NC[C@H](c2ccccc2)NC1=O. The molecule has 4 nitrogen and oxygen atoms in total. The van der Waals surface area contributed by atoms with Gasteiger partial charge in [0.05, 0.1) is 6.04 Å². The molecule has 1 aromatic carbocycles. The van der Waals surface area contributed by atoms with Crippen molar-refractivity contribution in [2.24, 2.45) is 0 Å². The van der Waals surface area contributed by atoms with Gasteiger partial charge in [0.15, 0.2) is 0 Å². The molecule has 0 radical (unpaired) electrons. The number of hydrogen-bond donors (Lipinski definition) is 2. The van der Waals surface area contributed by atoms with E-state index in [1.807, 2.05) is 30.3 Å². The van der Waals surface area contributed by atoms with Crippen LogP contribution in [-0.2, 0) is 9.59 Å². The van der Waals surface area contributed by atoms with Crippen molar-refractivity contribution in [1.29, 1.82) is 0 Å². The predicted octanol–water partition coefficient (Wildman–Crippen LogP) is -0.0263. The standard InChI is InChI=1S/C10H10N2O2/c13-9-10(14)12-8(6-11-9)7-4-2-1-3-5-7/h1-5,8H,6H2,(H,11,13)(H,12,14)/t8-/m1/s1. The number of benzene rings is 1. The Hall–Kier alpha value is -1.84. The lowest BCUT2D eigenvalue weighted by Crippen LogP contribution is -2.51. The molecule has 0 aliphatic carbocycles. The molecule has 0 aromatic heterocycles. The Labute approximate surface area is 81.3 Å². The first kappa shape index (κ1) is 8.74. The van der Waals surface area contributed by atoms with Gasteiger partial charge in [0.25, 0.3) is 0 Å². The molecule has 2 rings (SSSR count). The summed E-state index contributed by atoms with van der Waals surface area (Å²) in [4.78, 5) is 21.9. The molecule has 1 aliphatic rings. The van der Waals surface area contributed by atoms with Crippen LogP contribution in [0.25, 0.3) is 0 Å². The second kappa shape index (κ2) is 3.49. The summed E-state index contributed by atoms with van der Waals surface area (Å²) >= 11 is 0. The zero-order valence-electron chi connectivity index (χ0n) is 7.49. The number of amides is 2. The molecular weight excluding hydrogens is 180 g/mol. The predicted molar refractivity (Wildman–Crippen MR) is 50.3 cm³/mol. The lowest BCUT2D eigenvalue weighted by atomic mass is 10.1. The Balaban J connectivity index is 2.14. The second-order valence-corrected chi connectivity index (χ2v) is 3.15. The van der Waals surface area contributed by atoms with E-state index in [0.717, 1.165) is 5.56 Å². The van der Waals surface area contributed by atoms with E-state index in [2.05, 4.69) is 10.6 Å². The lowest BCUT2D eigenvalue weighted by molar-refractivity contribution is -0.141. The van der Waals surface area contributed by atoms with Crippen LogP contribution in [-0.4, -0.2) is 18.4 Å². The summed E-state index contributed by atoms with van der Waals surface area (Å²) in [5.74, 6) is -1.12. The third-order valence-electron chi connectivity index (χ3n) is 2.18. The molecular formula is C10H10N2O2. The van der Waals surface area contributed by atoms with Gasteiger partial charge in [-0.3, -0.25) is 9.59 Å². The number of piperazine rings is 1. The molecule has 4 heteroatoms. The molecule has 0 unspecified atom stereocenters. The van der Waals surface area contributed by atoms with Crippen molar-refractivity contribution in [2.45, 2.75) is 6.04 Å². The van der Waals surface area contributed by atoms with Crippen molar-refractivity contribution in [3.05, 3.63) is 35.9 Å². The van der Waals surface area contributed by atoms with Crippen LogP contribution in [0, 0.1) is 0 Å². The number of nitrogens with one attached hydrogen (secondary N) is 2. The summed E-state index contributed by atoms with van der Waals surface area (Å²) in [7, 11) is 0. The van der Waals surface area contributed by atoms with E-state index in [9.17, 15) is 9.59 Å². The van der Waals surface area contributed by atoms with E-state index in [1.54, 1.807) is 0 Å². The Kier molecular flexibility index (Phi) is 2.18. The summed E-state index contributed by atoms with van der Waals surface area (Å²) < 4.78 is 0. The minimum atomic E-state index is -0.565. The maximum atomic E-state index is 11.1. The zero-order valence-corrected chi connectivity index (χ0v) is 7.49. The lowest BCUT2D eigenvalue weighted by Gasteiger charge is -2.23. The van der Waals surface area contributed by atoms with Gasteiger partial charge in [-0.05, 0) is 5.56 Å². The Morgan fingerprint density at radius 2 is 1.79 bits per heavy atom. The summed E-state index contributed by atoms with van der Waals surface area (Å²) in [5, 5.41) is 5.16. The molecule has 0 saturated carbocycles. The Bertz CT molecular complexity index is 362. The fourth-order valence-corrected chi connectivity index (χ4v) is 1.44. The van der Waals surface area contributed by atoms with Gasteiger partial charge in [0.2, 0.25) is 0 Å². The first-order chi connectivity index (χ1) is 6.77. The Morgan fingerprint density at radius 1 is 1.07 bits per heavy atom. The molecule has 72 valence electrons. The average Bonchev–Trinajstić information content (AvgIpc) is 2.23. The normalized spacial score (nSPS) is 21.3. The van der Waals surface area contributed by atoms with Gasteiger partial charge in [-0.25, -0.2) is 0 Å². The number of hydrogen-bond acceptors (Lipinski definition) is 2. The van der Waals surface area contributed by atoms with E-state index in [-0.39, 0.29) is 6.04 Å². The van der Waals surface area contributed by atoms with Crippen molar-refractivity contribution >= 4 is 11.8 Å². The van der Waals surface area contributed by atoms with Gasteiger partial charge in [-0.2, -0.15) is 0 Å². The fraction of sp³-hybridized carbons (Fsp3) is 0.200. The molecule has 2 N–H and O–H groups in total. The molecule has 1 saturated heterocycles. The number of rotatable bonds is 1. The molecule has 0 bridgehead atoms. The van der Waals surface area contributed by atoms with Gasteiger partial charge in [-0.1, -0.05) is 30.3 Å². The monoisotopic (exact) mass is 190 g/mol. The van der Waals surface area contributed by atoms with Crippen molar-refractivity contribution in [1.82, 2.24) is 10.6 Å². The average molecular weight is 190 g/mol. The van der Waals surface area contributed by atoms with E-state index in [4.69, 9.17) is 0 Å². The summed E-state index contributed by atoms with van der Waals surface area (Å²) in [6.45, 7) is 0.453. The molecule has 1 aromatic rings. The van der Waals surface area contributed by atoms with Crippen LogP contribution >= 0.6 is 0 Å². The van der Waals surface area contributed by atoms with Gasteiger partial charge in [-0.15, -0.1) is 0 Å². The number of carbonyl (C=O) groups is 2. The second-order valence-electron chi connectivity index (χ2n) is 3.15. The Morgan fingerprint density at radius 3 is 2.43 bits per heavy atom. The van der Waals surface area contributed by atoms with Crippen LogP contribution in [0.5, 0.6) is 0 Å². The minimum absolute atomic E-state index is 0.110. The molecule has 1 fully saturated rings. The third-order valence-corrected chi connectivity index (χ3v) is 2.18. The van der Waals surface area contributed by atoms with Crippen LogP contribution in [0.1, 0.15) is 11.6 Å². The minimum Gasteiger partial charge on any atom is -0.345 e. The fourth-order valence-electron chi connectivity index (χ4n) is 1.44. The van der Waals surface area contributed by atoms with Gasteiger partial charge in [0.1, 0.15) is 0 Å². The highest BCUT2D eigenvalue weighted by atomic mass is 16.2. The number of carbonyl (C=O) groups excluding carboxylic acids is 2. The first-order valence-electron chi connectivity index (χ1n) is 4.41. The van der Waals surface area contributed by atoms with Gasteiger partial charge < -0.3 is 10.6 Å². The zero-order chi connectivity index (χ0) is 9.97. The van der Waals surface area contributed by atoms with E-state index in [1.165, 1.54) is 0 Å². The van der Waals surface area contributed by atoms with Crippen molar-refractivity contribution in [3.8, 4) is 0 Å². The third kappa shape index (κ3) is 1.59. The van der Waals surface area contributed by atoms with E-state index in [0.29, 0.717) is 6.54 Å². The van der Waals surface area contributed by atoms with Crippen LogP contribution in [0.15, 0.2) is 30.3 Å². The molecule has 2 amide bonds. The van der Waals surface area contributed by atoms with Gasteiger partial charge in [0, 0.05) is 6.54 Å². The van der Waals surface area contributed by atoms with Crippen LogP contribution < -0.4 is 10.6 Å². The maximum absolute atomic E-state index is 11.1. The van der Waals surface area contributed by atoms with E-state index < -0.39 is 11.8 Å². The van der Waals surface area contributed by atoms with Gasteiger partial charge >= 0.3 is 11.8 Å². The van der Waals surface area contributed by atoms with Crippen LogP contribution in [0.2, 0.25) is 0 Å². The smallest absolute Gasteiger partial charge is 0.309 e. The maximum Gasteiger partial charge on any atom is 0.309 e. The van der Waals surface area contributed by atoms with Crippen molar-refractivity contribution < 1.29 is 9.59 Å². The molecule has 1 atom stereocenters. The van der Waals surface area contributed by atoms with Crippen LogP contribution in [0.4, 0.5) is 0 Å². The van der Waals surface area contributed by atoms with Crippen molar-refractivity contribution in [3.63, 3.8) is 0 Å². The summed E-state index contributed by atoms with van der Waals surface area (Å²) in [5.41, 5.74) is 1.00. The topological polar surface area (TPSA) is 58.2 Å². The highest BCUT2D eigenvalue weighted by Gasteiger charge is 2.25. The molecule has 1 aliphatic heterocycles. The van der Waals surface area contributed by atoms with Crippen LogP contribution in [0.3, 0.4) is 0 Å². The molecule has 1 heterocycles. The molecule has 0 spiro atoms. The first-order valence-corrected chi connectivity index (χ1v) is 4.41. The highest BCUT2D eigenvalue weighted by molar-refractivity contribution is 6.35. The molecule has 14 heavy (non-hydrogen) atoms. The van der Waals surface area contributed by atoms with E-state index >= 15 is 0 Å². The quantitative estimate of drug-likeness (QED) is 0.611. The highest BCUT2D eigenvalue weighted by Crippen LogP contribution is 2.12. The van der Waals surface area contributed by atoms with Crippen molar-refractivity contribution in [2.75, 3.05) is 6.54 Å². The largest absolute Gasteiger partial charge is 0.345 e. The summed E-state index contributed by atoms with van der Waals surface area (Å²) in [6, 6.07) is 9.44.